The number of furan rings is 1. The van der Waals surface area contributed by atoms with Crippen LogP contribution in [0.15, 0.2) is 16.5 Å². The van der Waals surface area contributed by atoms with Crippen molar-refractivity contribution in [3.63, 3.8) is 0 Å². The Labute approximate surface area is 109 Å². The van der Waals surface area contributed by atoms with E-state index in [2.05, 4.69) is 27.8 Å². The van der Waals surface area contributed by atoms with E-state index < -0.39 is 0 Å². The smallest absolute Gasteiger partial charge is 0.195 e. The van der Waals surface area contributed by atoms with Crippen molar-refractivity contribution in [2.75, 3.05) is 58.8 Å². The number of rotatable bonds is 4. The van der Waals surface area contributed by atoms with Crippen LogP contribution in [0.4, 0.5) is 5.88 Å². The summed E-state index contributed by atoms with van der Waals surface area (Å²) < 4.78 is 5.96. The number of piperazine rings is 1. The Hall–Kier alpha value is -1.04. The first-order valence-corrected chi connectivity index (χ1v) is 6.51. The van der Waals surface area contributed by atoms with Crippen LogP contribution in [0.2, 0.25) is 0 Å². The van der Waals surface area contributed by atoms with E-state index in [9.17, 15) is 0 Å². The molecular weight excluding hydrogens is 228 g/mol. The van der Waals surface area contributed by atoms with Gasteiger partial charge in [-0.2, -0.15) is 0 Å². The van der Waals surface area contributed by atoms with Crippen LogP contribution in [0.1, 0.15) is 11.8 Å². The Morgan fingerprint density at radius 2 is 1.94 bits per heavy atom. The maximum absolute atomic E-state index is 5.96. The SMILES string of the molecule is CN1CCN(c2ccc(C(CN)N(C)C)o2)CC1. The summed E-state index contributed by atoms with van der Waals surface area (Å²) in [5.74, 6) is 1.93. The van der Waals surface area contributed by atoms with Gasteiger partial charge in [0.1, 0.15) is 5.76 Å². The summed E-state index contributed by atoms with van der Waals surface area (Å²) in [6.45, 7) is 4.80. The minimum absolute atomic E-state index is 0.159. The number of nitrogens with two attached hydrogens (primary N) is 1. The van der Waals surface area contributed by atoms with E-state index >= 15 is 0 Å². The summed E-state index contributed by atoms with van der Waals surface area (Å²) in [5.41, 5.74) is 5.79. The van der Waals surface area contributed by atoms with Crippen molar-refractivity contribution >= 4 is 5.88 Å². The Morgan fingerprint density at radius 1 is 1.28 bits per heavy atom. The number of likely N-dealkylation sites (N-methyl/N-ethyl adjacent to an activating group) is 2. The minimum Gasteiger partial charge on any atom is -0.444 e. The molecule has 1 saturated heterocycles. The van der Waals surface area contributed by atoms with Gasteiger partial charge in [0.15, 0.2) is 5.88 Å². The highest BCUT2D eigenvalue weighted by atomic mass is 16.4. The summed E-state index contributed by atoms with van der Waals surface area (Å²) in [6, 6.07) is 4.27. The van der Waals surface area contributed by atoms with E-state index in [1.807, 2.05) is 20.2 Å². The standard InChI is InChI=1S/C13H24N4O/c1-15(2)11(10-14)12-4-5-13(18-12)17-8-6-16(3)7-9-17/h4-5,11H,6-10,14H2,1-3H3. The van der Waals surface area contributed by atoms with Gasteiger partial charge < -0.3 is 20.0 Å². The zero-order valence-corrected chi connectivity index (χ0v) is 11.6. The highest BCUT2D eigenvalue weighted by molar-refractivity contribution is 5.37. The van der Waals surface area contributed by atoms with E-state index in [0.29, 0.717) is 6.54 Å². The molecule has 1 aromatic rings. The lowest BCUT2D eigenvalue weighted by Crippen LogP contribution is -2.44. The first kappa shape index (κ1) is 13.4. The molecule has 0 amide bonds. The molecule has 1 aliphatic rings. The summed E-state index contributed by atoms with van der Waals surface area (Å²) >= 11 is 0. The Balaban J connectivity index is 2.05. The molecule has 1 atom stereocenters. The van der Waals surface area contributed by atoms with Crippen molar-refractivity contribution in [2.24, 2.45) is 5.73 Å². The number of anilines is 1. The van der Waals surface area contributed by atoms with Crippen LogP contribution in [-0.2, 0) is 0 Å². The molecule has 0 radical (unpaired) electrons. The first-order valence-electron chi connectivity index (χ1n) is 6.51. The summed E-state index contributed by atoms with van der Waals surface area (Å²) in [4.78, 5) is 6.72. The second-order valence-corrected chi connectivity index (χ2v) is 5.18. The van der Waals surface area contributed by atoms with Crippen molar-refractivity contribution in [3.05, 3.63) is 17.9 Å². The van der Waals surface area contributed by atoms with Crippen LogP contribution >= 0.6 is 0 Å². The lowest BCUT2D eigenvalue weighted by Gasteiger charge is -2.32. The van der Waals surface area contributed by atoms with Crippen LogP contribution < -0.4 is 10.6 Å². The predicted molar refractivity (Wildman–Crippen MR) is 73.9 cm³/mol. The fraction of sp³-hybridized carbons (Fsp3) is 0.692. The van der Waals surface area contributed by atoms with Gasteiger partial charge in [0.05, 0.1) is 6.04 Å². The van der Waals surface area contributed by atoms with E-state index in [1.54, 1.807) is 0 Å². The zero-order valence-electron chi connectivity index (χ0n) is 11.6. The molecule has 0 spiro atoms. The first-order chi connectivity index (χ1) is 8.61. The van der Waals surface area contributed by atoms with Gasteiger partial charge in [-0.3, -0.25) is 4.90 Å². The van der Waals surface area contributed by atoms with E-state index in [1.165, 1.54) is 0 Å². The molecule has 2 N–H and O–H groups in total. The molecule has 5 heteroatoms. The van der Waals surface area contributed by atoms with Gasteiger partial charge in [-0.1, -0.05) is 0 Å². The molecule has 2 heterocycles. The quantitative estimate of drug-likeness (QED) is 0.850. The third-order valence-corrected chi connectivity index (χ3v) is 3.60. The Morgan fingerprint density at radius 3 is 2.50 bits per heavy atom. The van der Waals surface area contributed by atoms with Crippen molar-refractivity contribution in [1.82, 2.24) is 9.80 Å². The lowest BCUT2D eigenvalue weighted by atomic mass is 10.2. The topological polar surface area (TPSA) is 48.9 Å². The summed E-state index contributed by atoms with van der Waals surface area (Å²) in [7, 11) is 6.20. The fourth-order valence-corrected chi connectivity index (χ4v) is 2.30. The van der Waals surface area contributed by atoms with Crippen LogP contribution in [0.5, 0.6) is 0 Å². The van der Waals surface area contributed by atoms with Crippen molar-refractivity contribution < 1.29 is 4.42 Å². The molecule has 0 bridgehead atoms. The predicted octanol–water partition coefficient (Wildman–Crippen LogP) is 0.593. The van der Waals surface area contributed by atoms with Gasteiger partial charge >= 0.3 is 0 Å². The number of hydrogen-bond donors (Lipinski definition) is 1. The van der Waals surface area contributed by atoms with Crippen LogP contribution in [0.25, 0.3) is 0 Å². The number of nitrogens with zero attached hydrogens (tertiary/aromatic N) is 3. The monoisotopic (exact) mass is 252 g/mol. The second kappa shape index (κ2) is 5.73. The third-order valence-electron chi connectivity index (χ3n) is 3.60. The molecule has 5 nitrogen and oxygen atoms in total. The maximum atomic E-state index is 5.96. The lowest BCUT2D eigenvalue weighted by molar-refractivity contribution is 0.261. The summed E-state index contributed by atoms with van der Waals surface area (Å²) in [5, 5.41) is 0. The average Bonchev–Trinajstić information content (AvgIpc) is 2.80. The van der Waals surface area contributed by atoms with Gasteiger partial charge in [0.2, 0.25) is 0 Å². The maximum Gasteiger partial charge on any atom is 0.195 e. The van der Waals surface area contributed by atoms with E-state index in [4.69, 9.17) is 10.2 Å². The van der Waals surface area contributed by atoms with Crippen LogP contribution in [-0.4, -0.2) is 63.7 Å². The van der Waals surface area contributed by atoms with Gasteiger partial charge in [0, 0.05) is 38.8 Å². The van der Waals surface area contributed by atoms with Gasteiger partial charge in [0.25, 0.3) is 0 Å². The van der Waals surface area contributed by atoms with Crippen LogP contribution in [0.3, 0.4) is 0 Å². The largest absolute Gasteiger partial charge is 0.444 e. The molecular formula is C13H24N4O. The molecule has 2 rings (SSSR count). The highest BCUT2D eigenvalue weighted by Gasteiger charge is 2.20. The molecule has 102 valence electrons. The molecule has 1 unspecified atom stereocenters. The van der Waals surface area contributed by atoms with Crippen molar-refractivity contribution in [2.45, 2.75) is 6.04 Å². The highest BCUT2D eigenvalue weighted by Crippen LogP contribution is 2.25. The third kappa shape index (κ3) is 2.85. The van der Waals surface area contributed by atoms with E-state index in [0.717, 1.165) is 37.8 Å². The fourth-order valence-electron chi connectivity index (χ4n) is 2.30. The van der Waals surface area contributed by atoms with Gasteiger partial charge in [-0.05, 0) is 27.2 Å². The van der Waals surface area contributed by atoms with Crippen molar-refractivity contribution in [3.8, 4) is 0 Å². The Bertz CT molecular complexity index is 369. The normalized spacial score (nSPS) is 19.5. The molecule has 0 aliphatic carbocycles. The van der Waals surface area contributed by atoms with Gasteiger partial charge in [-0.25, -0.2) is 0 Å². The molecule has 1 fully saturated rings. The molecule has 1 aliphatic heterocycles. The second-order valence-electron chi connectivity index (χ2n) is 5.18. The molecule has 0 aromatic carbocycles. The Kier molecular flexibility index (Phi) is 4.27. The summed E-state index contributed by atoms with van der Waals surface area (Å²) in [6.07, 6.45) is 0. The zero-order chi connectivity index (χ0) is 13.1. The molecule has 18 heavy (non-hydrogen) atoms. The van der Waals surface area contributed by atoms with Crippen LogP contribution in [0, 0.1) is 0 Å². The number of hydrogen-bond acceptors (Lipinski definition) is 5. The van der Waals surface area contributed by atoms with E-state index in [-0.39, 0.29) is 6.04 Å². The molecule has 1 aromatic heterocycles. The van der Waals surface area contributed by atoms with Gasteiger partial charge in [-0.15, -0.1) is 0 Å². The minimum atomic E-state index is 0.159. The molecule has 0 saturated carbocycles. The van der Waals surface area contributed by atoms with Crippen molar-refractivity contribution in [1.29, 1.82) is 0 Å². The average molecular weight is 252 g/mol.